The average molecular weight is 373 g/mol. The van der Waals surface area contributed by atoms with E-state index in [1.165, 1.54) is 24.0 Å². The Morgan fingerprint density at radius 2 is 2.00 bits per heavy atom. The molecule has 0 saturated carbocycles. The number of morpholine rings is 1. The molecule has 0 amide bonds. The van der Waals surface area contributed by atoms with E-state index in [1.54, 1.807) is 0 Å². The standard InChI is InChI=1S/C21H32N4O2/c1-15-3-5-16(6-4-15)19(25-9-11-26-12-10-25)14-23-21(22-2)24-18-13-17-7-8-20(18)27-17/h3-6,17-20H,7-14H2,1-2H3,(H2,22,23,24). The lowest BCUT2D eigenvalue weighted by Crippen LogP contribution is -2.50. The van der Waals surface area contributed by atoms with Crippen molar-refractivity contribution in [1.82, 2.24) is 15.5 Å². The van der Waals surface area contributed by atoms with Gasteiger partial charge in [0.2, 0.25) is 0 Å². The van der Waals surface area contributed by atoms with E-state index in [0.29, 0.717) is 24.3 Å². The highest BCUT2D eigenvalue weighted by molar-refractivity contribution is 5.80. The Kier molecular flexibility index (Phi) is 5.95. The number of ether oxygens (including phenoxy) is 2. The summed E-state index contributed by atoms with van der Waals surface area (Å²) >= 11 is 0. The molecule has 6 nitrogen and oxygen atoms in total. The molecular formula is C21H32N4O2. The fourth-order valence-electron chi connectivity index (χ4n) is 4.49. The van der Waals surface area contributed by atoms with Gasteiger partial charge in [0.1, 0.15) is 0 Å². The number of benzene rings is 1. The van der Waals surface area contributed by atoms with Crippen LogP contribution in [-0.2, 0) is 9.47 Å². The normalized spacial score (nSPS) is 29.7. The van der Waals surface area contributed by atoms with Gasteiger partial charge in [0.25, 0.3) is 0 Å². The molecule has 0 radical (unpaired) electrons. The molecule has 148 valence electrons. The van der Waals surface area contributed by atoms with Gasteiger partial charge in [-0.3, -0.25) is 9.89 Å². The average Bonchev–Trinajstić information content (AvgIpc) is 3.32. The van der Waals surface area contributed by atoms with E-state index >= 15 is 0 Å². The summed E-state index contributed by atoms with van der Waals surface area (Å²) in [6.07, 6.45) is 4.26. The molecule has 1 aromatic rings. The Bertz CT molecular complexity index is 642. The van der Waals surface area contributed by atoms with E-state index in [-0.39, 0.29) is 0 Å². The maximum absolute atomic E-state index is 5.96. The van der Waals surface area contributed by atoms with Gasteiger partial charge in [-0.15, -0.1) is 0 Å². The van der Waals surface area contributed by atoms with Gasteiger partial charge in [0.05, 0.1) is 37.5 Å². The van der Waals surface area contributed by atoms with Crippen LogP contribution in [0.4, 0.5) is 0 Å². The fraction of sp³-hybridized carbons (Fsp3) is 0.667. The minimum Gasteiger partial charge on any atom is -0.379 e. The molecule has 0 spiro atoms. The Hall–Kier alpha value is -1.63. The molecule has 0 aromatic heterocycles. The number of fused-ring (bicyclic) bond motifs is 2. The minimum atomic E-state index is 0.310. The fourth-order valence-corrected chi connectivity index (χ4v) is 4.49. The van der Waals surface area contributed by atoms with Crippen molar-refractivity contribution >= 4 is 5.96 Å². The molecular weight excluding hydrogens is 340 g/mol. The summed E-state index contributed by atoms with van der Waals surface area (Å²) in [6, 6.07) is 9.58. The molecule has 3 heterocycles. The quantitative estimate of drug-likeness (QED) is 0.610. The van der Waals surface area contributed by atoms with Crippen LogP contribution in [0.1, 0.15) is 36.4 Å². The molecule has 6 heteroatoms. The van der Waals surface area contributed by atoms with Crippen LogP contribution >= 0.6 is 0 Å². The van der Waals surface area contributed by atoms with Gasteiger partial charge in [-0.1, -0.05) is 29.8 Å². The van der Waals surface area contributed by atoms with Crippen molar-refractivity contribution in [2.75, 3.05) is 39.9 Å². The molecule has 1 aromatic carbocycles. The first-order valence-corrected chi connectivity index (χ1v) is 10.2. The summed E-state index contributed by atoms with van der Waals surface area (Å²) in [6.45, 7) is 6.49. The van der Waals surface area contributed by atoms with Crippen molar-refractivity contribution in [2.24, 2.45) is 4.99 Å². The first-order chi connectivity index (χ1) is 13.2. The first kappa shape index (κ1) is 18.7. The molecule has 4 unspecified atom stereocenters. The third kappa shape index (κ3) is 4.45. The van der Waals surface area contributed by atoms with Gasteiger partial charge < -0.3 is 20.1 Å². The van der Waals surface area contributed by atoms with Crippen molar-refractivity contribution in [3.8, 4) is 0 Å². The Labute approximate surface area is 162 Å². The lowest BCUT2D eigenvalue weighted by Gasteiger charge is -2.35. The Balaban J connectivity index is 1.40. The van der Waals surface area contributed by atoms with Crippen LogP contribution in [0, 0.1) is 6.92 Å². The number of hydrogen-bond donors (Lipinski definition) is 2. The molecule has 3 fully saturated rings. The summed E-state index contributed by atoms with van der Waals surface area (Å²) in [5, 5.41) is 7.15. The maximum atomic E-state index is 5.96. The first-order valence-electron chi connectivity index (χ1n) is 10.2. The van der Waals surface area contributed by atoms with Gasteiger partial charge >= 0.3 is 0 Å². The van der Waals surface area contributed by atoms with Crippen LogP contribution in [0.5, 0.6) is 0 Å². The predicted molar refractivity (Wildman–Crippen MR) is 107 cm³/mol. The summed E-state index contributed by atoms with van der Waals surface area (Å²) in [7, 11) is 1.85. The predicted octanol–water partition coefficient (Wildman–Crippen LogP) is 1.85. The highest BCUT2D eigenvalue weighted by Crippen LogP contribution is 2.34. The van der Waals surface area contributed by atoms with Crippen LogP contribution in [0.2, 0.25) is 0 Å². The Morgan fingerprint density at radius 3 is 2.63 bits per heavy atom. The number of guanidine groups is 1. The van der Waals surface area contributed by atoms with Gasteiger partial charge in [-0.25, -0.2) is 0 Å². The van der Waals surface area contributed by atoms with Crippen molar-refractivity contribution in [1.29, 1.82) is 0 Å². The van der Waals surface area contributed by atoms with E-state index in [2.05, 4.69) is 51.7 Å². The highest BCUT2D eigenvalue weighted by atomic mass is 16.5. The second-order valence-electron chi connectivity index (χ2n) is 7.89. The molecule has 2 N–H and O–H groups in total. The molecule has 3 saturated heterocycles. The van der Waals surface area contributed by atoms with E-state index in [9.17, 15) is 0 Å². The van der Waals surface area contributed by atoms with Crippen LogP contribution in [0.15, 0.2) is 29.3 Å². The summed E-state index contributed by atoms with van der Waals surface area (Å²) < 4.78 is 11.5. The lowest BCUT2D eigenvalue weighted by molar-refractivity contribution is 0.0170. The van der Waals surface area contributed by atoms with Crippen LogP contribution in [0.25, 0.3) is 0 Å². The lowest BCUT2D eigenvalue weighted by atomic mass is 9.96. The largest absolute Gasteiger partial charge is 0.379 e. The van der Waals surface area contributed by atoms with Crippen LogP contribution < -0.4 is 10.6 Å². The van der Waals surface area contributed by atoms with E-state index in [1.807, 2.05) is 7.05 Å². The van der Waals surface area contributed by atoms with Crippen molar-refractivity contribution in [2.45, 2.75) is 50.5 Å². The number of aryl methyl sites for hydroxylation is 1. The van der Waals surface area contributed by atoms with Crippen LogP contribution in [0.3, 0.4) is 0 Å². The molecule has 4 rings (SSSR count). The summed E-state index contributed by atoms with van der Waals surface area (Å²) in [4.78, 5) is 6.96. The van der Waals surface area contributed by atoms with Crippen molar-refractivity contribution in [3.63, 3.8) is 0 Å². The van der Waals surface area contributed by atoms with Gasteiger partial charge in [-0.2, -0.15) is 0 Å². The molecule has 2 bridgehead atoms. The summed E-state index contributed by atoms with van der Waals surface area (Å²) in [5.41, 5.74) is 2.63. The van der Waals surface area contributed by atoms with Crippen LogP contribution in [-0.4, -0.2) is 69.0 Å². The smallest absolute Gasteiger partial charge is 0.191 e. The molecule has 3 aliphatic rings. The number of nitrogens with zero attached hydrogens (tertiary/aromatic N) is 2. The third-order valence-electron chi connectivity index (χ3n) is 6.06. The number of rotatable bonds is 5. The number of nitrogens with one attached hydrogen (secondary N) is 2. The Morgan fingerprint density at radius 1 is 1.22 bits per heavy atom. The van der Waals surface area contributed by atoms with E-state index in [0.717, 1.165) is 45.2 Å². The minimum absolute atomic E-state index is 0.310. The van der Waals surface area contributed by atoms with Crippen molar-refractivity contribution < 1.29 is 9.47 Å². The maximum Gasteiger partial charge on any atom is 0.191 e. The van der Waals surface area contributed by atoms with Gasteiger partial charge in [0, 0.05) is 26.7 Å². The molecule has 0 aliphatic carbocycles. The van der Waals surface area contributed by atoms with Gasteiger partial charge in [0.15, 0.2) is 5.96 Å². The SMILES string of the molecule is CN=C(NCC(c1ccc(C)cc1)N1CCOCC1)NC1CC2CCC1O2. The van der Waals surface area contributed by atoms with E-state index < -0.39 is 0 Å². The highest BCUT2D eigenvalue weighted by Gasteiger charge is 2.41. The molecule has 27 heavy (non-hydrogen) atoms. The molecule has 4 atom stereocenters. The van der Waals surface area contributed by atoms with Gasteiger partial charge in [-0.05, 0) is 31.7 Å². The topological polar surface area (TPSA) is 58.1 Å². The number of aliphatic imine (C=N–C) groups is 1. The monoisotopic (exact) mass is 372 g/mol. The second-order valence-corrected chi connectivity index (χ2v) is 7.89. The zero-order valence-electron chi connectivity index (χ0n) is 16.5. The molecule has 3 aliphatic heterocycles. The summed E-state index contributed by atoms with van der Waals surface area (Å²) in [5.74, 6) is 0.876. The zero-order chi connectivity index (χ0) is 18.6. The third-order valence-corrected chi connectivity index (χ3v) is 6.06. The zero-order valence-corrected chi connectivity index (χ0v) is 16.5. The second kappa shape index (κ2) is 8.59. The van der Waals surface area contributed by atoms with Crippen molar-refractivity contribution in [3.05, 3.63) is 35.4 Å². The number of hydrogen-bond acceptors (Lipinski definition) is 4. The van der Waals surface area contributed by atoms with E-state index in [4.69, 9.17) is 9.47 Å².